The standard InChI is InChI=1S/C14H14F10O4/c1-5-9(26)10(15,16)8(4,13(19,20)21)28-12(11(9,17)18,14(22,23)24)27-7(25)6(2)3/h26H,2,5H2,1,3-4H3. The Kier molecular flexibility index (Phi) is 5.43. The highest BCUT2D eigenvalue weighted by atomic mass is 19.4. The second-order valence-corrected chi connectivity index (χ2v) is 6.28. The maximum atomic E-state index is 14.7. The van der Waals surface area contributed by atoms with E-state index >= 15 is 0 Å². The van der Waals surface area contributed by atoms with Crippen LogP contribution in [0.5, 0.6) is 0 Å². The van der Waals surface area contributed by atoms with E-state index in [1.165, 1.54) is 0 Å². The largest absolute Gasteiger partial charge is 0.462 e. The van der Waals surface area contributed by atoms with E-state index < -0.39 is 66.1 Å². The van der Waals surface area contributed by atoms with Crippen molar-refractivity contribution in [2.75, 3.05) is 0 Å². The van der Waals surface area contributed by atoms with E-state index in [0.29, 0.717) is 13.8 Å². The lowest BCUT2D eigenvalue weighted by molar-refractivity contribution is -0.554. The summed E-state index contributed by atoms with van der Waals surface area (Å²) in [6.07, 6.45) is -15.1. The summed E-state index contributed by atoms with van der Waals surface area (Å²) < 4.78 is 145. The van der Waals surface area contributed by atoms with Crippen molar-refractivity contribution in [2.24, 2.45) is 0 Å². The second kappa shape index (κ2) is 6.21. The second-order valence-electron chi connectivity index (χ2n) is 6.28. The molecule has 1 aliphatic heterocycles. The van der Waals surface area contributed by atoms with Crippen LogP contribution in [0.1, 0.15) is 27.2 Å². The van der Waals surface area contributed by atoms with Gasteiger partial charge in [-0.15, -0.1) is 0 Å². The number of rotatable bonds is 3. The Morgan fingerprint density at radius 3 is 1.75 bits per heavy atom. The lowest BCUT2D eigenvalue weighted by Crippen LogP contribution is -2.87. The number of aliphatic hydroxyl groups is 1. The third-order valence-corrected chi connectivity index (χ3v) is 4.41. The molecular weight excluding hydrogens is 422 g/mol. The van der Waals surface area contributed by atoms with Gasteiger partial charge in [0.15, 0.2) is 0 Å². The van der Waals surface area contributed by atoms with E-state index in [-0.39, 0.29) is 0 Å². The zero-order valence-corrected chi connectivity index (χ0v) is 14.4. The summed E-state index contributed by atoms with van der Waals surface area (Å²) in [5.41, 5.74) is -11.6. The van der Waals surface area contributed by atoms with Crippen molar-refractivity contribution >= 4 is 5.97 Å². The minimum atomic E-state index is -6.69. The highest BCUT2D eigenvalue weighted by molar-refractivity contribution is 5.87. The van der Waals surface area contributed by atoms with Gasteiger partial charge in [0.1, 0.15) is 0 Å². The maximum absolute atomic E-state index is 14.7. The van der Waals surface area contributed by atoms with Crippen molar-refractivity contribution in [1.82, 2.24) is 0 Å². The van der Waals surface area contributed by atoms with E-state index in [1.54, 1.807) is 0 Å². The lowest BCUT2D eigenvalue weighted by Gasteiger charge is -2.59. The average Bonchev–Trinajstić information content (AvgIpc) is 2.48. The molecule has 0 radical (unpaired) electrons. The summed E-state index contributed by atoms with van der Waals surface area (Å²) in [5, 5.41) is 9.79. The number of carbonyl (C=O) groups is 1. The highest BCUT2D eigenvalue weighted by Crippen LogP contribution is 2.66. The van der Waals surface area contributed by atoms with E-state index in [0.717, 1.165) is 0 Å². The molecule has 3 unspecified atom stereocenters. The fourth-order valence-corrected chi connectivity index (χ4v) is 2.56. The van der Waals surface area contributed by atoms with Gasteiger partial charge in [-0.3, -0.25) is 0 Å². The number of hydrogen-bond donors (Lipinski definition) is 1. The van der Waals surface area contributed by atoms with Crippen LogP contribution in [-0.4, -0.2) is 52.3 Å². The topological polar surface area (TPSA) is 55.8 Å². The van der Waals surface area contributed by atoms with Crippen LogP contribution in [0.25, 0.3) is 0 Å². The van der Waals surface area contributed by atoms with E-state index in [9.17, 15) is 53.8 Å². The minimum absolute atomic E-state index is 0.297. The molecule has 0 amide bonds. The van der Waals surface area contributed by atoms with Crippen LogP contribution in [0.15, 0.2) is 12.2 Å². The van der Waals surface area contributed by atoms with Gasteiger partial charge in [-0.2, -0.15) is 43.9 Å². The van der Waals surface area contributed by atoms with Crippen molar-refractivity contribution < 1.29 is 63.3 Å². The molecule has 1 N–H and O–H groups in total. The molecule has 1 rings (SSSR count). The first kappa shape index (κ1) is 24.5. The van der Waals surface area contributed by atoms with Gasteiger partial charge in [0.25, 0.3) is 0 Å². The molecule has 0 aromatic rings. The molecule has 164 valence electrons. The number of esters is 1. The SMILES string of the molecule is C=C(C)C(=O)OC1(C(F)(F)F)OC(C)(C(F)(F)F)C(F)(F)C(O)(CC)C1(F)F. The molecule has 3 atom stereocenters. The van der Waals surface area contributed by atoms with Gasteiger partial charge < -0.3 is 14.6 Å². The molecule has 1 aliphatic rings. The molecule has 4 nitrogen and oxygen atoms in total. The Bertz CT molecular complexity index is 664. The Morgan fingerprint density at radius 1 is 1.04 bits per heavy atom. The van der Waals surface area contributed by atoms with Crippen molar-refractivity contribution in [3.05, 3.63) is 12.2 Å². The molecule has 1 heterocycles. The Balaban J connectivity index is 4.05. The summed E-state index contributed by atoms with van der Waals surface area (Å²) in [4.78, 5) is 11.5. The van der Waals surface area contributed by atoms with Crippen molar-refractivity contribution in [2.45, 2.75) is 68.4 Å². The first-order chi connectivity index (χ1) is 12.1. The van der Waals surface area contributed by atoms with Crippen molar-refractivity contribution in [1.29, 1.82) is 0 Å². The number of hydrogen-bond acceptors (Lipinski definition) is 4. The Hall–Kier alpha value is -1.57. The molecule has 1 saturated heterocycles. The van der Waals surface area contributed by atoms with E-state index in [4.69, 9.17) is 0 Å². The summed E-state index contributed by atoms with van der Waals surface area (Å²) in [7, 11) is 0. The van der Waals surface area contributed by atoms with Gasteiger partial charge in [0, 0.05) is 5.57 Å². The van der Waals surface area contributed by atoms with Crippen LogP contribution < -0.4 is 0 Å². The van der Waals surface area contributed by atoms with Crippen LogP contribution in [0.3, 0.4) is 0 Å². The first-order valence-electron chi connectivity index (χ1n) is 7.30. The molecule has 0 aromatic heterocycles. The highest BCUT2D eigenvalue weighted by Gasteiger charge is 2.95. The predicted molar refractivity (Wildman–Crippen MR) is 70.4 cm³/mol. The van der Waals surface area contributed by atoms with Crippen LogP contribution in [0, 0.1) is 0 Å². The lowest BCUT2D eigenvalue weighted by atomic mass is 9.70. The van der Waals surface area contributed by atoms with Gasteiger partial charge in [-0.05, 0) is 20.3 Å². The van der Waals surface area contributed by atoms with Crippen LogP contribution >= 0.6 is 0 Å². The predicted octanol–water partition coefficient (Wildman–Crippen LogP) is 4.13. The summed E-state index contributed by atoms with van der Waals surface area (Å²) in [6.45, 7) is 3.05. The van der Waals surface area contributed by atoms with Crippen molar-refractivity contribution in [3.8, 4) is 0 Å². The number of halogens is 10. The fourth-order valence-electron chi connectivity index (χ4n) is 2.56. The smallest absolute Gasteiger partial charge is 0.414 e. The van der Waals surface area contributed by atoms with Crippen LogP contribution in [0.2, 0.25) is 0 Å². The zero-order chi connectivity index (χ0) is 22.8. The van der Waals surface area contributed by atoms with Gasteiger partial charge in [0.05, 0.1) is 0 Å². The van der Waals surface area contributed by atoms with E-state index in [2.05, 4.69) is 16.1 Å². The quantitative estimate of drug-likeness (QED) is 0.411. The fraction of sp³-hybridized carbons (Fsp3) is 0.786. The van der Waals surface area contributed by atoms with E-state index in [1.807, 2.05) is 0 Å². The molecule has 0 aliphatic carbocycles. The first-order valence-corrected chi connectivity index (χ1v) is 7.30. The number of ether oxygens (including phenoxy) is 2. The molecule has 0 spiro atoms. The average molecular weight is 436 g/mol. The zero-order valence-electron chi connectivity index (χ0n) is 14.4. The number of alkyl halides is 10. The number of carbonyl (C=O) groups excluding carboxylic acids is 1. The van der Waals surface area contributed by atoms with Crippen LogP contribution in [0.4, 0.5) is 43.9 Å². The van der Waals surface area contributed by atoms with Crippen molar-refractivity contribution in [3.63, 3.8) is 0 Å². The third kappa shape index (κ3) is 2.70. The van der Waals surface area contributed by atoms with Gasteiger partial charge in [0.2, 0.25) is 11.2 Å². The van der Waals surface area contributed by atoms with Gasteiger partial charge >= 0.3 is 36.0 Å². The summed E-state index contributed by atoms with van der Waals surface area (Å²) >= 11 is 0. The van der Waals surface area contributed by atoms with Gasteiger partial charge in [-0.1, -0.05) is 13.5 Å². The Morgan fingerprint density at radius 2 is 1.46 bits per heavy atom. The molecule has 0 aromatic carbocycles. The monoisotopic (exact) mass is 436 g/mol. The summed E-state index contributed by atoms with van der Waals surface area (Å²) in [5.74, 6) is -20.5. The summed E-state index contributed by atoms with van der Waals surface area (Å²) in [6, 6.07) is 0. The third-order valence-electron chi connectivity index (χ3n) is 4.41. The minimum Gasteiger partial charge on any atom is -0.414 e. The maximum Gasteiger partial charge on any atom is 0.462 e. The van der Waals surface area contributed by atoms with Crippen LogP contribution in [-0.2, 0) is 14.3 Å². The molecular formula is C14H14F10O4. The normalized spacial score (nSPS) is 35.4. The molecule has 28 heavy (non-hydrogen) atoms. The van der Waals surface area contributed by atoms with Gasteiger partial charge in [-0.25, -0.2) is 4.79 Å². The molecule has 14 heteroatoms. The molecule has 1 fully saturated rings. The molecule has 0 bridgehead atoms. The molecule has 0 saturated carbocycles. The Labute approximate surface area is 151 Å².